The Bertz CT molecular complexity index is 608. The second-order valence-electron chi connectivity index (χ2n) is 4.28. The molecular weight excluding hydrogens is 268 g/mol. The molecule has 1 aliphatic rings. The normalized spacial score (nSPS) is 18.4. The van der Waals surface area contributed by atoms with Crippen molar-refractivity contribution in [1.29, 1.82) is 5.26 Å². The third-order valence-corrected chi connectivity index (χ3v) is 3.38. The topological polar surface area (TPSA) is 113 Å². The first-order valence-corrected chi connectivity index (χ1v) is 5.91. The number of primary amides is 1. The van der Waals surface area contributed by atoms with Crippen LogP contribution in [0.1, 0.15) is 12.0 Å². The van der Waals surface area contributed by atoms with Gasteiger partial charge < -0.3 is 16.4 Å². The lowest BCUT2D eigenvalue weighted by molar-refractivity contribution is -0.123. The maximum Gasteiger partial charge on any atom is 0.227 e. The zero-order valence-electron chi connectivity index (χ0n) is 9.89. The first kappa shape index (κ1) is 13.2. The highest BCUT2D eigenvalue weighted by Crippen LogP contribution is 2.36. The Hall–Kier alpha value is -2.26. The fraction of sp³-hybridized carbons (Fsp3) is 0.250. The number of benzene rings is 1. The van der Waals surface area contributed by atoms with E-state index in [1.54, 1.807) is 0 Å². The van der Waals surface area contributed by atoms with E-state index in [9.17, 15) is 9.59 Å². The van der Waals surface area contributed by atoms with Crippen LogP contribution in [0, 0.1) is 17.2 Å². The highest BCUT2D eigenvalue weighted by Gasteiger charge is 2.36. The van der Waals surface area contributed by atoms with Crippen LogP contribution in [0.25, 0.3) is 0 Å². The van der Waals surface area contributed by atoms with Crippen LogP contribution in [0.2, 0.25) is 5.02 Å². The molecular formula is C12H11ClN4O2. The molecule has 1 aromatic carbocycles. The van der Waals surface area contributed by atoms with Crippen molar-refractivity contribution in [1.82, 2.24) is 0 Å². The van der Waals surface area contributed by atoms with Crippen molar-refractivity contribution < 1.29 is 9.59 Å². The fourth-order valence-electron chi connectivity index (χ4n) is 2.09. The van der Waals surface area contributed by atoms with Gasteiger partial charge in [0.25, 0.3) is 0 Å². The van der Waals surface area contributed by atoms with Gasteiger partial charge in [-0.05, 0) is 12.1 Å². The number of carbonyl (C=O) groups is 2. The lowest BCUT2D eigenvalue weighted by Gasteiger charge is -2.20. The maximum absolute atomic E-state index is 11.9. The standard InChI is InChI=1S/C12H11ClN4O2/c13-8-1-2-9(15)11(7(8)4-14)17-5-6(12(16)19)3-10(17)18/h1-2,6H,3,5,15H2,(H2,16,19). The molecule has 1 aliphatic heterocycles. The predicted molar refractivity (Wildman–Crippen MR) is 70.2 cm³/mol. The molecule has 1 heterocycles. The number of anilines is 2. The Balaban J connectivity index is 2.49. The highest BCUT2D eigenvalue weighted by molar-refractivity contribution is 6.32. The molecule has 7 heteroatoms. The van der Waals surface area contributed by atoms with Crippen LogP contribution in [0.15, 0.2) is 12.1 Å². The summed E-state index contributed by atoms with van der Waals surface area (Å²) in [5, 5.41) is 9.34. The molecule has 6 nitrogen and oxygen atoms in total. The van der Waals surface area contributed by atoms with Crippen molar-refractivity contribution in [3.8, 4) is 6.07 Å². The largest absolute Gasteiger partial charge is 0.397 e. The van der Waals surface area contributed by atoms with Crippen molar-refractivity contribution >= 4 is 34.8 Å². The minimum absolute atomic E-state index is 0.0200. The molecule has 1 unspecified atom stereocenters. The lowest BCUT2D eigenvalue weighted by atomic mass is 10.1. The monoisotopic (exact) mass is 278 g/mol. The van der Waals surface area contributed by atoms with Crippen LogP contribution in [-0.2, 0) is 9.59 Å². The number of carbonyl (C=O) groups excluding carboxylic acids is 2. The SMILES string of the molecule is N#Cc1c(Cl)ccc(N)c1N1CC(C(N)=O)CC1=O. The summed E-state index contributed by atoms with van der Waals surface area (Å²) in [5.41, 5.74) is 11.7. The van der Waals surface area contributed by atoms with E-state index in [1.807, 2.05) is 6.07 Å². The molecule has 1 aromatic rings. The van der Waals surface area contributed by atoms with E-state index in [0.29, 0.717) is 0 Å². The lowest BCUT2D eigenvalue weighted by Crippen LogP contribution is -2.29. The Labute approximate surface area is 114 Å². The number of amides is 2. The number of halogens is 1. The smallest absolute Gasteiger partial charge is 0.227 e. The summed E-state index contributed by atoms with van der Waals surface area (Å²) in [6.45, 7) is 0.118. The van der Waals surface area contributed by atoms with E-state index in [4.69, 9.17) is 28.3 Å². The van der Waals surface area contributed by atoms with Crippen LogP contribution in [0.3, 0.4) is 0 Å². The minimum Gasteiger partial charge on any atom is -0.397 e. The van der Waals surface area contributed by atoms with Crippen LogP contribution < -0.4 is 16.4 Å². The average molecular weight is 279 g/mol. The van der Waals surface area contributed by atoms with E-state index < -0.39 is 11.8 Å². The van der Waals surface area contributed by atoms with Crippen molar-refractivity contribution in [3.05, 3.63) is 22.7 Å². The van der Waals surface area contributed by atoms with Crippen LogP contribution >= 0.6 is 11.6 Å². The third-order valence-electron chi connectivity index (χ3n) is 3.07. The zero-order chi connectivity index (χ0) is 14.2. The number of rotatable bonds is 2. The number of nitrogens with zero attached hydrogens (tertiary/aromatic N) is 2. The Kier molecular flexibility index (Phi) is 3.32. The van der Waals surface area contributed by atoms with Crippen molar-refractivity contribution in [2.75, 3.05) is 17.2 Å². The van der Waals surface area contributed by atoms with Crippen LogP contribution in [0.4, 0.5) is 11.4 Å². The van der Waals surface area contributed by atoms with Gasteiger partial charge in [0.15, 0.2) is 0 Å². The van der Waals surface area contributed by atoms with E-state index in [-0.39, 0.29) is 40.8 Å². The molecule has 0 spiro atoms. The van der Waals surface area contributed by atoms with Gasteiger partial charge in [0, 0.05) is 13.0 Å². The molecule has 0 radical (unpaired) electrons. The molecule has 98 valence electrons. The summed E-state index contributed by atoms with van der Waals surface area (Å²) in [7, 11) is 0. The molecule has 2 amide bonds. The second-order valence-corrected chi connectivity index (χ2v) is 4.69. The molecule has 1 saturated heterocycles. The molecule has 0 aromatic heterocycles. The van der Waals surface area contributed by atoms with Gasteiger partial charge in [-0.25, -0.2) is 0 Å². The Morgan fingerprint density at radius 3 is 2.74 bits per heavy atom. The second kappa shape index (κ2) is 4.78. The molecule has 2 rings (SSSR count). The molecule has 1 atom stereocenters. The van der Waals surface area contributed by atoms with Crippen LogP contribution in [0.5, 0.6) is 0 Å². The van der Waals surface area contributed by atoms with Gasteiger partial charge in [-0.3, -0.25) is 9.59 Å². The van der Waals surface area contributed by atoms with Crippen molar-refractivity contribution in [2.45, 2.75) is 6.42 Å². The number of hydrogen-bond donors (Lipinski definition) is 2. The number of nitriles is 1. The molecule has 0 saturated carbocycles. The van der Waals surface area contributed by atoms with Gasteiger partial charge in [0.2, 0.25) is 11.8 Å². The van der Waals surface area contributed by atoms with Crippen molar-refractivity contribution in [3.63, 3.8) is 0 Å². The summed E-state index contributed by atoms with van der Waals surface area (Å²) in [6, 6.07) is 4.93. The van der Waals surface area contributed by atoms with E-state index in [0.717, 1.165) is 0 Å². The zero-order valence-corrected chi connectivity index (χ0v) is 10.6. The highest BCUT2D eigenvalue weighted by atomic mass is 35.5. The van der Waals surface area contributed by atoms with Gasteiger partial charge in [-0.2, -0.15) is 5.26 Å². The maximum atomic E-state index is 11.9. The van der Waals surface area contributed by atoms with Gasteiger partial charge in [0.1, 0.15) is 6.07 Å². The summed E-state index contributed by atoms with van der Waals surface area (Å²) >= 11 is 5.92. The first-order chi connectivity index (χ1) is 8.95. The minimum atomic E-state index is -0.572. The number of nitrogens with two attached hydrogens (primary N) is 2. The molecule has 0 aliphatic carbocycles. The van der Waals surface area contributed by atoms with E-state index in [1.165, 1.54) is 17.0 Å². The molecule has 0 bridgehead atoms. The predicted octanol–water partition coefficient (Wildman–Crippen LogP) is 0.632. The molecule has 4 N–H and O–H groups in total. The molecule has 1 fully saturated rings. The average Bonchev–Trinajstić information content (AvgIpc) is 2.74. The van der Waals surface area contributed by atoms with E-state index >= 15 is 0 Å². The third kappa shape index (κ3) is 2.20. The quantitative estimate of drug-likeness (QED) is 0.772. The summed E-state index contributed by atoms with van der Waals surface area (Å²) < 4.78 is 0. The Morgan fingerprint density at radius 1 is 1.53 bits per heavy atom. The van der Waals surface area contributed by atoms with Gasteiger partial charge in [-0.1, -0.05) is 11.6 Å². The fourth-order valence-corrected chi connectivity index (χ4v) is 2.29. The van der Waals surface area contributed by atoms with E-state index in [2.05, 4.69) is 0 Å². The van der Waals surface area contributed by atoms with Gasteiger partial charge in [-0.15, -0.1) is 0 Å². The van der Waals surface area contributed by atoms with Gasteiger partial charge >= 0.3 is 0 Å². The molecule has 19 heavy (non-hydrogen) atoms. The van der Waals surface area contributed by atoms with Crippen molar-refractivity contribution in [2.24, 2.45) is 11.7 Å². The summed E-state index contributed by atoms with van der Waals surface area (Å²) in [6.07, 6.45) is 0.0200. The Morgan fingerprint density at radius 2 is 2.21 bits per heavy atom. The summed E-state index contributed by atoms with van der Waals surface area (Å²) in [4.78, 5) is 24.4. The van der Waals surface area contributed by atoms with Crippen LogP contribution in [-0.4, -0.2) is 18.4 Å². The first-order valence-electron chi connectivity index (χ1n) is 5.53. The summed E-state index contributed by atoms with van der Waals surface area (Å²) in [5.74, 6) is -1.42. The number of hydrogen-bond acceptors (Lipinski definition) is 4. The number of nitrogen functional groups attached to an aromatic ring is 1. The van der Waals surface area contributed by atoms with Gasteiger partial charge in [0.05, 0.1) is 27.9 Å².